The molecule has 1 aromatic heterocycles. The lowest BCUT2D eigenvalue weighted by atomic mass is 9.54. The van der Waals surface area contributed by atoms with Crippen LogP contribution >= 0.6 is 0 Å². The number of benzene rings is 5. The number of nitrogens with zero attached hydrogens (tertiary/aromatic N) is 1. The Bertz CT molecular complexity index is 2920. The van der Waals surface area contributed by atoms with Crippen LogP contribution in [0.2, 0.25) is 0 Å². The molecule has 0 saturated heterocycles. The van der Waals surface area contributed by atoms with Gasteiger partial charge in [0.25, 0.3) is 0 Å². The van der Waals surface area contributed by atoms with E-state index in [1.54, 1.807) is 5.57 Å². The Morgan fingerprint density at radius 3 is 2.13 bits per heavy atom. The number of pyridine rings is 1. The molecule has 1 nitrogen and oxygen atoms in total. The minimum Gasteiger partial charge on any atom is -0.248 e. The van der Waals surface area contributed by atoms with E-state index >= 15 is 0 Å². The van der Waals surface area contributed by atoms with Gasteiger partial charge in [0.15, 0.2) is 0 Å². The van der Waals surface area contributed by atoms with Gasteiger partial charge >= 0.3 is 0 Å². The smallest absolute Gasteiger partial charge is 0.0715 e. The number of rotatable bonds is 5. The lowest BCUT2D eigenvalue weighted by Crippen LogP contribution is -2.41. The molecule has 60 heavy (non-hydrogen) atoms. The van der Waals surface area contributed by atoms with Crippen molar-refractivity contribution in [1.82, 2.24) is 4.98 Å². The highest BCUT2D eigenvalue weighted by Gasteiger charge is 2.54. The Morgan fingerprint density at radius 2 is 1.38 bits per heavy atom. The first-order chi connectivity index (χ1) is 29.3. The number of hydrogen-bond donors (Lipinski definition) is 0. The molecular weight excluding hydrogens is 723 g/mol. The monoisotopic (exact) mass is 771 g/mol. The third kappa shape index (κ3) is 5.56. The molecule has 5 aliphatic rings. The van der Waals surface area contributed by atoms with Crippen LogP contribution < -0.4 is 0 Å². The summed E-state index contributed by atoms with van der Waals surface area (Å²) in [6.45, 7) is 9.42. The van der Waals surface area contributed by atoms with Gasteiger partial charge in [0, 0.05) is 22.5 Å². The Kier molecular flexibility index (Phi) is 8.53. The predicted molar refractivity (Wildman–Crippen MR) is 252 cm³/mol. The van der Waals surface area contributed by atoms with Crippen molar-refractivity contribution in [3.63, 3.8) is 0 Å². The molecule has 0 saturated carbocycles. The van der Waals surface area contributed by atoms with Crippen molar-refractivity contribution in [2.24, 2.45) is 5.92 Å². The molecule has 2 unspecified atom stereocenters. The lowest BCUT2D eigenvalue weighted by Gasteiger charge is -2.48. The molecule has 11 rings (SSSR count). The molecule has 0 aliphatic heterocycles. The fourth-order valence-corrected chi connectivity index (χ4v) is 11.1. The first-order valence-electron chi connectivity index (χ1n) is 21.7. The summed E-state index contributed by atoms with van der Waals surface area (Å²) in [5.41, 5.74) is 24.0. The minimum atomic E-state index is -0.415. The third-order valence-electron chi connectivity index (χ3n) is 14.0. The van der Waals surface area contributed by atoms with E-state index in [0.29, 0.717) is 5.92 Å². The average molecular weight is 772 g/mol. The maximum absolute atomic E-state index is 5.30. The van der Waals surface area contributed by atoms with E-state index in [0.717, 1.165) is 41.8 Å². The highest BCUT2D eigenvalue weighted by molar-refractivity contribution is 5.98. The van der Waals surface area contributed by atoms with E-state index in [4.69, 9.17) is 4.98 Å². The summed E-state index contributed by atoms with van der Waals surface area (Å²) >= 11 is 0. The Labute approximate surface area is 355 Å². The van der Waals surface area contributed by atoms with Crippen molar-refractivity contribution in [1.29, 1.82) is 0 Å². The lowest BCUT2D eigenvalue weighted by molar-refractivity contribution is 0.536. The largest absolute Gasteiger partial charge is 0.248 e. The van der Waals surface area contributed by atoms with Crippen molar-refractivity contribution in [3.05, 3.63) is 238 Å². The van der Waals surface area contributed by atoms with Crippen LogP contribution in [0.1, 0.15) is 74.8 Å². The topological polar surface area (TPSA) is 12.9 Å². The number of fused-ring (bicyclic) bond motifs is 9. The molecule has 5 aromatic carbocycles. The zero-order valence-corrected chi connectivity index (χ0v) is 35.0. The zero-order chi connectivity index (χ0) is 40.6. The SMILES string of the molecule is CC1=CC2CC=CC=C2C=C1/C=C(\C)c1ccc2c(c1)-c1c(-c3cc(-c4ccccc4)nc(-c4ccccc4)c3)cccc1C21C2=C(C=CCC2)C(C)(C)c2ccccc21. The number of allylic oxidation sites excluding steroid dienone is 14. The normalized spacial score (nSPS) is 20.7. The first-order valence-corrected chi connectivity index (χ1v) is 21.7. The highest BCUT2D eigenvalue weighted by atomic mass is 14.7. The third-order valence-corrected chi connectivity index (χ3v) is 14.0. The number of hydrogen-bond acceptors (Lipinski definition) is 1. The zero-order valence-electron chi connectivity index (χ0n) is 35.0. The molecule has 2 atom stereocenters. The highest BCUT2D eigenvalue weighted by Crippen LogP contribution is 2.65. The van der Waals surface area contributed by atoms with Crippen LogP contribution in [-0.2, 0) is 10.8 Å². The summed E-state index contributed by atoms with van der Waals surface area (Å²) in [4.78, 5) is 5.30. The molecule has 0 amide bonds. The van der Waals surface area contributed by atoms with Crippen LogP contribution in [0.4, 0.5) is 0 Å². The van der Waals surface area contributed by atoms with Crippen LogP contribution in [-0.4, -0.2) is 4.98 Å². The van der Waals surface area contributed by atoms with Crippen LogP contribution in [0, 0.1) is 5.92 Å². The summed E-state index contributed by atoms with van der Waals surface area (Å²) in [7, 11) is 0. The van der Waals surface area contributed by atoms with E-state index in [9.17, 15) is 0 Å². The van der Waals surface area contributed by atoms with Gasteiger partial charge in [-0.05, 0) is 135 Å². The second kappa shape index (κ2) is 14.0. The standard InChI is InChI=1S/C59H49N/c1-38(33-45-34-44-23-12-11-22-43(44)32-39(45)2)42-30-31-49-48(35-42)57-47(46-36-55(40-18-7-5-8-19-40)60-56(37-46)41-20-9-6-10-21-41)24-17-29-54(57)59(49)52-27-15-13-25-50(52)58(3,4)51-26-14-16-28-53(51)59/h5-15,17-21,23-27,29-37,43H,16,22,28H2,1-4H3/b38-33+. The Hall–Kier alpha value is -6.57. The van der Waals surface area contributed by atoms with Crippen molar-refractivity contribution < 1.29 is 0 Å². The Morgan fingerprint density at radius 1 is 0.683 bits per heavy atom. The average Bonchev–Trinajstić information content (AvgIpc) is 3.59. The second-order valence-electron chi connectivity index (χ2n) is 17.8. The molecule has 6 aromatic rings. The van der Waals surface area contributed by atoms with E-state index in [2.05, 4.69) is 210 Å². The van der Waals surface area contributed by atoms with Crippen molar-refractivity contribution in [3.8, 4) is 44.8 Å². The molecule has 5 aliphatic carbocycles. The Balaban J connectivity index is 1.19. The molecule has 1 spiro atoms. The van der Waals surface area contributed by atoms with Gasteiger partial charge in [-0.25, -0.2) is 4.98 Å². The summed E-state index contributed by atoms with van der Waals surface area (Å²) in [6, 6.07) is 49.8. The van der Waals surface area contributed by atoms with Crippen LogP contribution in [0.25, 0.3) is 50.3 Å². The van der Waals surface area contributed by atoms with Gasteiger partial charge in [0.1, 0.15) is 0 Å². The molecule has 290 valence electrons. The van der Waals surface area contributed by atoms with Gasteiger partial charge in [-0.3, -0.25) is 0 Å². The van der Waals surface area contributed by atoms with E-state index < -0.39 is 5.41 Å². The van der Waals surface area contributed by atoms with Crippen LogP contribution in [0.3, 0.4) is 0 Å². The maximum atomic E-state index is 5.30. The number of aromatic nitrogens is 1. The summed E-state index contributed by atoms with van der Waals surface area (Å²) < 4.78 is 0. The fourth-order valence-electron chi connectivity index (χ4n) is 11.1. The second-order valence-corrected chi connectivity index (χ2v) is 17.8. The quantitative estimate of drug-likeness (QED) is 0.170. The molecule has 0 bridgehead atoms. The van der Waals surface area contributed by atoms with Crippen molar-refractivity contribution in [2.45, 2.75) is 57.8 Å². The molecule has 1 heterocycles. The van der Waals surface area contributed by atoms with Gasteiger partial charge in [0.2, 0.25) is 0 Å². The van der Waals surface area contributed by atoms with Gasteiger partial charge in [0.05, 0.1) is 16.8 Å². The molecule has 1 heteroatoms. The maximum Gasteiger partial charge on any atom is 0.0715 e. The van der Waals surface area contributed by atoms with Gasteiger partial charge in [-0.1, -0.05) is 178 Å². The molecule has 0 N–H and O–H groups in total. The van der Waals surface area contributed by atoms with Crippen molar-refractivity contribution >= 4 is 5.57 Å². The van der Waals surface area contributed by atoms with Gasteiger partial charge < -0.3 is 0 Å². The summed E-state index contributed by atoms with van der Waals surface area (Å²) in [5.74, 6) is 0.480. The van der Waals surface area contributed by atoms with Crippen LogP contribution in [0.5, 0.6) is 0 Å². The van der Waals surface area contributed by atoms with Crippen molar-refractivity contribution in [2.75, 3.05) is 0 Å². The van der Waals surface area contributed by atoms with E-state index in [-0.39, 0.29) is 5.41 Å². The first kappa shape index (κ1) is 36.5. The molecule has 0 radical (unpaired) electrons. The predicted octanol–water partition coefficient (Wildman–Crippen LogP) is 15.1. The minimum absolute atomic E-state index is 0.115. The summed E-state index contributed by atoms with van der Waals surface area (Å²) in [5, 5.41) is 0. The van der Waals surface area contributed by atoms with Gasteiger partial charge in [-0.2, -0.15) is 0 Å². The fraction of sp³-hybridized carbons (Fsp3) is 0.169. The summed E-state index contributed by atoms with van der Waals surface area (Å²) in [6.07, 6.45) is 22.1. The van der Waals surface area contributed by atoms with E-state index in [1.807, 2.05) is 0 Å². The van der Waals surface area contributed by atoms with E-state index in [1.165, 1.54) is 77.9 Å². The molecular formula is C59H49N. The molecule has 0 fully saturated rings. The van der Waals surface area contributed by atoms with Crippen LogP contribution in [0.15, 0.2) is 210 Å². The van der Waals surface area contributed by atoms with Gasteiger partial charge in [-0.15, -0.1) is 0 Å².